The number of aryl methyl sites for hydroxylation is 4. The van der Waals surface area contributed by atoms with Gasteiger partial charge in [-0.3, -0.25) is 0 Å². The van der Waals surface area contributed by atoms with Gasteiger partial charge < -0.3 is 0 Å². The molecule has 0 unspecified atom stereocenters. The van der Waals surface area contributed by atoms with E-state index in [4.69, 9.17) is 0 Å². The van der Waals surface area contributed by atoms with Crippen LogP contribution in [0.2, 0.25) is 0 Å². The van der Waals surface area contributed by atoms with Crippen molar-refractivity contribution in [1.82, 2.24) is 0 Å². The lowest BCUT2D eigenvalue weighted by Gasteiger charge is -2.14. The fourth-order valence-electron chi connectivity index (χ4n) is 2.91. The summed E-state index contributed by atoms with van der Waals surface area (Å²) in [5.41, 5.74) is 5.90. The first-order valence-electron chi connectivity index (χ1n) is 7.91. The van der Waals surface area contributed by atoms with Gasteiger partial charge in [0.05, 0.1) is 0 Å². The van der Waals surface area contributed by atoms with E-state index in [1.54, 1.807) is 0 Å². The van der Waals surface area contributed by atoms with E-state index in [0.29, 0.717) is 0 Å². The Bertz CT molecular complexity index is 605. The summed E-state index contributed by atoms with van der Waals surface area (Å²) in [5.74, 6) is 0. The van der Waals surface area contributed by atoms with Gasteiger partial charge >= 0.3 is 0 Å². The van der Waals surface area contributed by atoms with Gasteiger partial charge in [0.2, 0.25) is 0 Å². The van der Waals surface area contributed by atoms with Crippen LogP contribution in [0.1, 0.15) is 49.4 Å². The molecule has 0 radical (unpaired) electrons. The average molecular weight is 266 g/mol. The van der Waals surface area contributed by atoms with Crippen LogP contribution in [0, 0.1) is 0 Å². The molecule has 2 rings (SSSR count). The summed E-state index contributed by atoms with van der Waals surface area (Å²) in [4.78, 5) is 0. The van der Waals surface area contributed by atoms with Gasteiger partial charge in [0.25, 0.3) is 0 Å². The second kappa shape index (κ2) is 6.74. The molecule has 20 heavy (non-hydrogen) atoms. The number of hydrogen-bond donors (Lipinski definition) is 0. The molecule has 0 aliphatic heterocycles. The molecule has 0 heteroatoms. The summed E-state index contributed by atoms with van der Waals surface area (Å²) in [6, 6.07) is 9.57. The van der Waals surface area contributed by atoms with Crippen molar-refractivity contribution in [2.45, 2.75) is 52.9 Å². The Morgan fingerprint density at radius 1 is 0.800 bits per heavy atom. The first kappa shape index (κ1) is 14.8. The van der Waals surface area contributed by atoms with E-state index < -0.39 is 0 Å². The Morgan fingerprint density at radius 2 is 1.35 bits per heavy atom. The van der Waals surface area contributed by atoms with Crippen LogP contribution in [0.25, 0.3) is 10.8 Å². The maximum absolute atomic E-state index is 3.87. The molecule has 0 bridgehead atoms. The maximum atomic E-state index is 3.87. The minimum absolute atomic E-state index is 1.06. The molecule has 0 amide bonds. The van der Waals surface area contributed by atoms with Gasteiger partial charge in [-0.05, 0) is 65.1 Å². The second-order valence-corrected chi connectivity index (χ2v) is 5.49. The van der Waals surface area contributed by atoms with Crippen LogP contribution in [0.4, 0.5) is 0 Å². The highest BCUT2D eigenvalue weighted by Gasteiger charge is 2.08. The Kier molecular flexibility index (Phi) is 5.00. The molecule has 2 aromatic rings. The van der Waals surface area contributed by atoms with Crippen molar-refractivity contribution >= 4 is 10.8 Å². The Balaban J connectivity index is 2.70. The third-order valence-corrected chi connectivity index (χ3v) is 4.18. The van der Waals surface area contributed by atoms with Crippen LogP contribution in [-0.2, 0) is 25.7 Å². The van der Waals surface area contributed by atoms with Crippen LogP contribution >= 0.6 is 0 Å². The van der Waals surface area contributed by atoms with E-state index in [2.05, 4.69) is 51.6 Å². The van der Waals surface area contributed by atoms with E-state index in [9.17, 15) is 0 Å². The van der Waals surface area contributed by atoms with Gasteiger partial charge in [-0.15, -0.1) is 6.58 Å². The molecule has 0 spiro atoms. The van der Waals surface area contributed by atoms with Gasteiger partial charge in [0, 0.05) is 0 Å². The molecule has 0 aromatic heterocycles. The zero-order chi connectivity index (χ0) is 14.5. The highest BCUT2D eigenvalue weighted by molar-refractivity contribution is 5.90. The average Bonchev–Trinajstić information content (AvgIpc) is 2.50. The number of benzene rings is 2. The third-order valence-electron chi connectivity index (χ3n) is 4.18. The number of rotatable bonds is 6. The smallest absolute Gasteiger partial charge is 0.0146 e. The van der Waals surface area contributed by atoms with Crippen molar-refractivity contribution in [2.24, 2.45) is 0 Å². The van der Waals surface area contributed by atoms with Crippen molar-refractivity contribution in [3.63, 3.8) is 0 Å². The molecular weight excluding hydrogens is 240 g/mol. The number of allylic oxidation sites excluding steroid dienone is 1. The molecular formula is C20H26. The normalized spacial score (nSPS) is 10.9. The standard InChI is InChI=1S/C20H26/c1-5-9-10-18-12-16(7-3)13-19-17(8-4)11-15(6-2)14-20(18)19/h5,11-14H,1,6-10H2,2-4H3. The Labute approximate surface area is 123 Å². The van der Waals surface area contributed by atoms with Gasteiger partial charge in [-0.25, -0.2) is 0 Å². The molecule has 0 atom stereocenters. The predicted molar refractivity (Wildman–Crippen MR) is 90.6 cm³/mol. The summed E-state index contributed by atoms with van der Waals surface area (Å²) < 4.78 is 0. The Hall–Kier alpha value is -1.56. The number of fused-ring (bicyclic) bond motifs is 1. The van der Waals surface area contributed by atoms with Crippen LogP contribution < -0.4 is 0 Å². The first-order chi connectivity index (χ1) is 9.73. The minimum Gasteiger partial charge on any atom is -0.103 e. The topological polar surface area (TPSA) is 0 Å². The fourth-order valence-corrected chi connectivity index (χ4v) is 2.91. The zero-order valence-corrected chi connectivity index (χ0v) is 13.1. The lowest BCUT2D eigenvalue weighted by molar-refractivity contribution is 1.00. The van der Waals surface area contributed by atoms with E-state index in [0.717, 1.165) is 32.1 Å². The first-order valence-corrected chi connectivity index (χ1v) is 7.91. The van der Waals surface area contributed by atoms with Crippen molar-refractivity contribution in [3.8, 4) is 0 Å². The molecule has 0 aliphatic rings. The highest BCUT2D eigenvalue weighted by atomic mass is 14.1. The van der Waals surface area contributed by atoms with Gasteiger partial charge in [0.15, 0.2) is 0 Å². The van der Waals surface area contributed by atoms with E-state index >= 15 is 0 Å². The lowest BCUT2D eigenvalue weighted by atomic mass is 9.91. The fraction of sp³-hybridized carbons (Fsp3) is 0.400. The molecule has 0 nitrogen and oxygen atoms in total. The third kappa shape index (κ3) is 2.95. The minimum atomic E-state index is 1.06. The summed E-state index contributed by atoms with van der Waals surface area (Å²) in [6.45, 7) is 10.6. The van der Waals surface area contributed by atoms with E-state index in [-0.39, 0.29) is 0 Å². The van der Waals surface area contributed by atoms with Gasteiger partial charge in [-0.1, -0.05) is 51.1 Å². The maximum Gasteiger partial charge on any atom is -0.0146 e. The molecule has 0 heterocycles. The lowest BCUT2D eigenvalue weighted by Crippen LogP contribution is -1.96. The largest absolute Gasteiger partial charge is 0.103 e. The van der Waals surface area contributed by atoms with Gasteiger partial charge in [-0.2, -0.15) is 0 Å². The monoisotopic (exact) mass is 266 g/mol. The molecule has 2 aromatic carbocycles. The highest BCUT2D eigenvalue weighted by Crippen LogP contribution is 2.28. The summed E-state index contributed by atoms with van der Waals surface area (Å²) in [7, 11) is 0. The summed E-state index contributed by atoms with van der Waals surface area (Å²) in [6.07, 6.45) is 7.51. The van der Waals surface area contributed by atoms with Crippen LogP contribution in [0.3, 0.4) is 0 Å². The Morgan fingerprint density at radius 3 is 1.85 bits per heavy atom. The summed E-state index contributed by atoms with van der Waals surface area (Å²) >= 11 is 0. The van der Waals surface area contributed by atoms with E-state index in [1.165, 1.54) is 33.0 Å². The van der Waals surface area contributed by atoms with Crippen molar-refractivity contribution < 1.29 is 0 Å². The molecule has 0 N–H and O–H groups in total. The predicted octanol–water partition coefficient (Wildman–Crippen LogP) is 5.65. The molecule has 106 valence electrons. The van der Waals surface area contributed by atoms with Crippen molar-refractivity contribution in [1.29, 1.82) is 0 Å². The van der Waals surface area contributed by atoms with Crippen molar-refractivity contribution in [3.05, 3.63) is 59.2 Å². The molecule has 0 saturated carbocycles. The quantitative estimate of drug-likeness (QED) is 0.593. The number of hydrogen-bond acceptors (Lipinski definition) is 0. The zero-order valence-electron chi connectivity index (χ0n) is 13.1. The SMILES string of the molecule is C=CCCc1cc(CC)cc2c(CC)cc(CC)cc12. The molecule has 0 saturated heterocycles. The van der Waals surface area contributed by atoms with Crippen LogP contribution in [0.5, 0.6) is 0 Å². The summed E-state index contributed by atoms with van der Waals surface area (Å²) in [5, 5.41) is 2.92. The molecule has 0 fully saturated rings. The van der Waals surface area contributed by atoms with Crippen LogP contribution in [0.15, 0.2) is 36.9 Å². The van der Waals surface area contributed by atoms with Crippen molar-refractivity contribution in [2.75, 3.05) is 0 Å². The van der Waals surface area contributed by atoms with E-state index in [1.807, 2.05) is 6.08 Å². The van der Waals surface area contributed by atoms with Crippen LogP contribution in [-0.4, -0.2) is 0 Å². The second-order valence-electron chi connectivity index (χ2n) is 5.49. The molecule has 0 aliphatic carbocycles. The van der Waals surface area contributed by atoms with Gasteiger partial charge in [0.1, 0.15) is 0 Å².